The van der Waals surface area contributed by atoms with E-state index < -0.39 is 12.1 Å². The smallest absolute Gasteiger partial charge is 0.475 e. The molecule has 0 radical (unpaired) electrons. The average Bonchev–Trinajstić information content (AvgIpc) is 2.71. The van der Waals surface area contributed by atoms with Crippen LogP contribution in [0.4, 0.5) is 13.2 Å². The Hall–Kier alpha value is -3.11. The fourth-order valence-corrected chi connectivity index (χ4v) is 1.50. The summed E-state index contributed by atoms with van der Waals surface area (Å²) in [4.78, 5) is 39.0. The van der Waals surface area contributed by atoms with E-state index in [0.29, 0.717) is 22.3 Å². The van der Waals surface area contributed by atoms with Crippen molar-refractivity contribution in [1.82, 2.24) is 24.9 Å². The van der Waals surface area contributed by atoms with Gasteiger partial charge in [0.1, 0.15) is 6.33 Å². The molecule has 8 nitrogen and oxygen atoms in total. The molecule has 2 aliphatic rings. The summed E-state index contributed by atoms with van der Waals surface area (Å²) in [6, 6.07) is 0. The van der Waals surface area contributed by atoms with Crippen molar-refractivity contribution in [3.63, 3.8) is 0 Å². The Morgan fingerprint density at radius 1 is 1.23 bits per heavy atom. The van der Waals surface area contributed by atoms with Crippen LogP contribution in [-0.4, -0.2) is 42.2 Å². The molecule has 2 aliphatic heterocycles. The first-order valence-corrected chi connectivity index (χ1v) is 5.53. The van der Waals surface area contributed by atoms with Crippen molar-refractivity contribution in [1.29, 1.82) is 0 Å². The lowest BCUT2D eigenvalue weighted by atomic mass is 10.2. The van der Waals surface area contributed by atoms with E-state index in [-0.39, 0.29) is 5.56 Å². The summed E-state index contributed by atoms with van der Waals surface area (Å²) in [5.41, 5.74) is 1.28. The number of rotatable bonds is 0. The van der Waals surface area contributed by atoms with E-state index in [2.05, 4.69) is 24.9 Å². The van der Waals surface area contributed by atoms with E-state index in [9.17, 15) is 18.0 Å². The Morgan fingerprint density at radius 2 is 1.91 bits per heavy atom. The minimum atomic E-state index is -5.08. The van der Waals surface area contributed by atoms with Crippen LogP contribution < -0.4 is 5.56 Å². The van der Waals surface area contributed by atoms with Gasteiger partial charge in [0.25, 0.3) is 5.56 Å². The molecule has 0 aliphatic carbocycles. The Balaban J connectivity index is 0.000000217. The zero-order valence-electron chi connectivity index (χ0n) is 10.5. The van der Waals surface area contributed by atoms with Crippen LogP contribution in [0.1, 0.15) is 0 Å². The Bertz CT molecular complexity index is 848. The van der Waals surface area contributed by atoms with Crippen LogP contribution in [0.2, 0.25) is 0 Å². The number of aliphatic carboxylic acids is 1. The third-order valence-electron chi connectivity index (χ3n) is 2.38. The summed E-state index contributed by atoms with van der Waals surface area (Å²) in [5, 5.41) is 7.77. The van der Waals surface area contributed by atoms with Crippen LogP contribution in [0.15, 0.2) is 29.8 Å². The average molecular weight is 313 g/mol. The summed E-state index contributed by atoms with van der Waals surface area (Å²) in [6.45, 7) is 0. The molecular weight excluding hydrogens is 307 g/mol. The van der Waals surface area contributed by atoms with Gasteiger partial charge in [-0.3, -0.25) is 4.79 Å². The number of nitrogens with zero attached hydrogens (tertiary/aromatic N) is 4. The predicted molar refractivity (Wildman–Crippen MR) is 66.1 cm³/mol. The maximum atomic E-state index is 11.7. The largest absolute Gasteiger partial charge is 0.490 e. The fraction of sp³-hybridized carbons (Fsp3) is 0.0909. The summed E-state index contributed by atoms with van der Waals surface area (Å²) in [6.07, 6.45) is 0.747. The lowest BCUT2D eigenvalue weighted by Gasteiger charge is -1.93. The van der Waals surface area contributed by atoms with Crippen LogP contribution in [0.5, 0.6) is 0 Å². The number of carboxylic acid groups (broad SMARTS) is 1. The van der Waals surface area contributed by atoms with Gasteiger partial charge < -0.3 is 10.1 Å². The van der Waals surface area contributed by atoms with Gasteiger partial charge in [0, 0.05) is 6.20 Å². The van der Waals surface area contributed by atoms with Gasteiger partial charge in [-0.15, -0.1) is 0 Å². The summed E-state index contributed by atoms with van der Waals surface area (Å²) < 4.78 is 31.7. The highest BCUT2D eigenvalue weighted by molar-refractivity contribution is 5.93. The van der Waals surface area contributed by atoms with E-state index in [1.54, 1.807) is 6.20 Å². The van der Waals surface area contributed by atoms with Crippen molar-refractivity contribution in [3.05, 3.63) is 35.4 Å². The van der Waals surface area contributed by atoms with Gasteiger partial charge in [-0.1, -0.05) is 0 Å². The number of nitrogens with one attached hydrogen (secondary N) is 1. The Kier molecular flexibility index (Phi) is 3.97. The van der Waals surface area contributed by atoms with Crippen molar-refractivity contribution in [3.8, 4) is 11.3 Å². The molecule has 2 N–H and O–H groups in total. The summed E-state index contributed by atoms with van der Waals surface area (Å²) >= 11 is 0. The van der Waals surface area contributed by atoms with Crippen molar-refractivity contribution in [2.75, 3.05) is 0 Å². The number of hydrogen-bond acceptors (Lipinski definition) is 6. The minimum absolute atomic E-state index is 0.236. The molecule has 0 saturated carbocycles. The molecule has 0 amide bonds. The molecule has 0 atom stereocenters. The zero-order chi connectivity index (χ0) is 16.3. The van der Waals surface area contributed by atoms with E-state index in [4.69, 9.17) is 9.90 Å². The SMILES string of the molecule is O=C(O)C(F)(F)F.O=c1[nH]cncc2nc3ncncc3c1-2. The monoisotopic (exact) mass is 313 g/mol. The fourth-order valence-electron chi connectivity index (χ4n) is 1.50. The molecule has 11 heteroatoms. The number of carboxylic acids is 1. The first kappa shape index (κ1) is 15.3. The maximum absolute atomic E-state index is 11.7. The van der Waals surface area contributed by atoms with Crippen molar-refractivity contribution in [2.24, 2.45) is 0 Å². The van der Waals surface area contributed by atoms with Crippen LogP contribution in [0.25, 0.3) is 22.3 Å². The quantitative estimate of drug-likeness (QED) is 0.630. The highest BCUT2D eigenvalue weighted by atomic mass is 19.4. The van der Waals surface area contributed by atoms with Gasteiger partial charge >= 0.3 is 12.1 Å². The molecule has 0 spiro atoms. The van der Waals surface area contributed by atoms with E-state index >= 15 is 0 Å². The first-order valence-electron chi connectivity index (χ1n) is 5.53. The van der Waals surface area contributed by atoms with Crippen molar-refractivity contribution < 1.29 is 23.1 Å². The molecule has 3 rings (SSSR count). The predicted octanol–water partition coefficient (Wildman–Crippen LogP) is 0.846. The number of aromatic amines is 1. The number of aromatic nitrogens is 5. The maximum Gasteiger partial charge on any atom is 0.490 e. The molecule has 1 aromatic heterocycles. The number of alkyl halides is 3. The molecule has 0 aromatic carbocycles. The Morgan fingerprint density at radius 3 is 2.55 bits per heavy atom. The molecule has 1 aromatic rings. The Labute approximate surface area is 119 Å². The second-order valence-electron chi connectivity index (χ2n) is 3.82. The van der Waals surface area contributed by atoms with E-state index in [1.165, 1.54) is 18.9 Å². The van der Waals surface area contributed by atoms with Crippen LogP contribution in [-0.2, 0) is 4.79 Å². The second kappa shape index (κ2) is 5.71. The molecule has 0 unspecified atom stereocenters. The molecule has 0 fully saturated rings. The zero-order valence-corrected chi connectivity index (χ0v) is 10.5. The van der Waals surface area contributed by atoms with Crippen LogP contribution in [0.3, 0.4) is 0 Å². The molecular formula is C11H6F3N5O3. The van der Waals surface area contributed by atoms with Gasteiger partial charge in [-0.05, 0) is 0 Å². The van der Waals surface area contributed by atoms with Crippen LogP contribution >= 0.6 is 0 Å². The lowest BCUT2D eigenvalue weighted by Crippen LogP contribution is -2.21. The molecule has 22 heavy (non-hydrogen) atoms. The number of carbonyl (C=O) groups is 1. The summed E-state index contributed by atoms with van der Waals surface area (Å²) in [7, 11) is 0. The van der Waals surface area contributed by atoms with Gasteiger partial charge in [-0.25, -0.2) is 24.7 Å². The van der Waals surface area contributed by atoms with E-state index in [1.807, 2.05) is 0 Å². The molecule has 0 bridgehead atoms. The van der Waals surface area contributed by atoms with Crippen molar-refractivity contribution >= 4 is 17.0 Å². The number of hydrogen-bond donors (Lipinski definition) is 2. The van der Waals surface area contributed by atoms with Crippen LogP contribution in [0, 0.1) is 0 Å². The molecule has 3 heterocycles. The van der Waals surface area contributed by atoms with Gasteiger partial charge in [0.05, 0.1) is 29.2 Å². The lowest BCUT2D eigenvalue weighted by molar-refractivity contribution is -0.192. The third kappa shape index (κ3) is 3.13. The third-order valence-corrected chi connectivity index (χ3v) is 2.38. The topological polar surface area (TPSA) is 122 Å². The molecule has 0 saturated heterocycles. The second-order valence-corrected chi connectivity index (χ2v) is 3.82. The number of H-pyrrole nitrogens is 1. The highest BCUT2D eigenvalue weighted by Gasteiger charge is 2.38. The number of halogens is 3. The van der Waals surface area contributed by atoms with Crippen molar-refractivity contribution in [2.45, 2.75) is 6.18 Å². The van der Waals surface area contributed by atoms with Gasteiger partial charge in [-0.2, -0.15) is 13.2 Å². The first-order chi connectivity index (χ1) is 10.3. The summed E-state index contributed by atoms with van der Waals surface area (Å²) in [5.74, 6) is -2.76. The van der Waals surface area contributed by atoms with Gasteiger partial charge in [0.15, 0.2) is 5.65 Å². The standard InChI is InChI=1S/C9H5N5O.C2HF3O2/c15-9-7-5-1-10-3-12-8(5)14-6(7)2-11-4-13-9;3-2(4,5)1(6)7/h1-4H,(H,11,13,15);(H,6,7). The normalized spacial score (nSPS) is 11.0. The molecule has 114 valence electrons. The van der Waals surface area contributed by atoms with Gasteiger partial charge in [0.2, 0.25) is 0 Å². The minimum Gasteiger partial charge on any atom is -0.475 e. The van der Waals surface area contributed by atoms with E-state index in [0.717, 1.165) is 0 Å². The number of fused-ring (bicyclic) bond motifs is 3. The highest BCUT2D eigenvalue weighted by Crippen LogP contribution is 2.23.